The highest BCUT2D eigenvalue weighted by Crippen LogP contribution is 2.35. The third-order valence-electron chi connectivity index (χ3n) is 5.53. The number of para-hydroxylation sites is 1. The molecule has 1 aliphatic rings. The van der Waals surface area contributed by atoms with Crippen LogP contribution in [0.5, 0.6) is 5.75 Å². The first-order chi connectivity index (χ1) is 16.6. The Hall–Kier alpha value is -4.40. The van der Waals surface area contributed by atoms with Crippen molar-refractivity contribution in [3.05, 3.63) is 53.2 Å². The SMILES string of the molecule is Cn1nc(C2CCC(=O)NC2=O)c2cccc(OCC(=O)Nc3cc(C(F)(F)F)ccc3C#N)c21. The van der Waals surface area contributed by atoms with Crippen molar-refractivity contribution in [1.82, 2.24) is 15.1 Å². The van der Waals surface area contributed by atoms with Crippen LogP contribution >= 0.6 is 0 Å². The number of carbonyl (C=O) groups excluding carboxylic acids is 3. The monoisotopic (exact) mass is 485 g/mol. The zero-order valence-corrected chi connectivity index (χ0v) is 18.3. The lowest BCUT2D eigenvalue weighted by Gasteiger charge is -2.19. The van der Waals surface area contributed by atoms with E-state index in [2.05, 4.69) is 15.7 Å². The lowest BCUT2D eigenvalue weighted by Crippen LogP contribution is -2.39. The number of rotatable bonds is 5. The molecular weight excluding hydrogens is 467 g/mol. The van der Waals surface area contributed by atoms with Crippen LogP contribution in [0, 0.1) is 11.3 Å². The van der Waals surface area contributed by atoms with Gasteiger partial charge in [0.25, 0.3) is 5.91 Å². The fraction of sp³-hybridized carbons (Fsp3) is 0.261. The Balaban J connectivity index is 1.54. The predicted octanol–water partition coefficient (Wildman–Crippen LogP) is 3.00. The van der Waals surface area contributed by atoms with E-state index in [1.165, 1.54) is 4.68 Å². The number of anilines is 1. The fourth-order valence-corrected chi connectivity index (χ4v) is 3.91. The second-order valence-electron chi connectivity index (χ2n) is 7.87. The molecule has 1 atom stereocenters. The van der Waals surface area contributed by atoms with Crippen molar-refractivity contribution in [2.45, 2.75) is 24.9 Å². The van der Waals surface area contributed by atoms with E-state index in [0.717, 1.165) is 12.1 Å². The van der Waals surface area contributed by atoms with E-state index in [0.29, 0.717) is 29.1 Å². The third-order valence-corrected chi connectivity index (χ3v) is 5.53. The molecule has 0 aliphatic carbocycles. The summed E-state index contributed by atoms with van der Waals surface area (Å²) in [6, 6.07) is 9.12. The molecule has 4 rings (SSSR count). The molecule has 0 spiro atoms. The summed E-state index contributed by atoms with van der Waals surface area (Å²) < 4.78 is 46.1. The Morgan fingerprint density at radius 2 is 2.09 bits per heavy atom. The number of imide groups is 1. The number of aromatic nitrogens is 2. The van der Waals surface area contributed by atoms with Crippen molar-refractivity contribution < 1.29 is 32.3 Å². The van der Waals surface area contributed by atoms with E-state index in [-0.39, 0.29) is 29.3 Å². The van der Waals surface area contributed by atoms with Crippen LogP contribution in [0.2, 0.25) is 0 Å². The molecule has 2 N–H and O–H groups in total. The molecule has 9 nitrogen and oxygen atoms in total. The zero-order chi connectivity index (χ0) is 25.3. The maximum Gasteiger partial charge on any atom is 0.416 e. The Morgan fingerprint density at radius 1 is 1.31 bits per heavy atom. The zero-order valence-electron chi connectivity index (χ0n) is 18.3. The number of alkyl halides is 3. The van der Waals surface area contributed by atoms with Gasteiger partial charge in [-0.1, -0.05) is 12.1 Å². The molecule has 3 amide bonds. The van der Waals surface area contributed by atoms with Gasteiger partial charge in [-0.3, -0.25) is 24.4 Å². The number of halogens is 3. The summed E-state index contributed by atoms with van der Waals surface area (Å²) in [5, 5.41) is 18.8. The standard InChI is InChI=1S/C23H18F3N5O4/c1-31-21-14(20(30-31)15-7-8-18(32)29-22(15)34)3-2-4-17(21)35-11-19(33)28-16-9-13(23(24,25)26)6-5-12(16)10-27/h2-6,9,15H,7-8,11H2,1H3,(H,28,33)(H,29,32,34). The number of nitriles is 1. The number of aryl methyl sites for hydroxylation is 1. The Morgan fingerprint density at radius 3 is 2.77 bits per heavy atom. The van der Waals surface area contributed by atoms with Gasteiger partial charge in [0.1, 0.15) is 17.3 Å². The molecule has 0 radical (unpaired) electrons. The smallest absolute Gasteiger partial charge is 0.416 e. The van der Waals surface area contributed by atoms with E-state index in [9.17, 15) is 27.6 Å². The highest BCUT2D eigenvalue weighted by Gasteiger charge is 2.33. The second kappa shape index (κ2) is 9.09. The minimum absolute atomic E-state index is 0.131. The summed E-state index contributed by atoms with van der Waals surface area (Å²) in [5.41, 5.74) is -0.459. The number of hydrogen-bond acceptors (Lipinski definition) is 6. The Labute approximate surface area is 196 Å². The number of amides is 3. The van der Waals surface area contributed by atoms with Gasteiger partial charge in [0.15, 0.2) is 6.61 Å². The average molecular weight is 485 g/mol. The van der Waals surface area contributed by atoms with E-state index in [1.807, 2.05) is 0 Å². The largest absolute Gasteiger partial charge is 0.481 e. The van der Waals surface area contributed by atoms with Gasteiger partial charge in [-0.25, -0.2) is 0 Å². The number of nitrogens with one attached hydrogen (secondary N) is 2. The summed E-state index contributed by atoms with van der Waals surface area (Å²) >= 11 is 0. The number of fused-ring (bicyclic) bond motifs is 1. The molecule has 1 aliphatic heterocycles. The van der Waals surface area contributed by atoms with Gasteiger partial charge in [0, 0.05) is 18.9 Å². The van der Waals surface area contributed by atoms with Crippen molar-refractivity contribution >= 4 is 34.3 Å². The van der Waals surface area contributed by atoms with E-state index < -0.39 is 36.1 Å². The lowest BCUT2D eigenvalue weighted by molar-refractivity contribution is -0.138. The van der Waals surface area contributed by atoms with Crippen molar-refractivity contribution in [2.75, 3.05) is 11.9 Å². The van der Waals surface area contributed by atoms with Crippen LogP contribution in [0.1, 0.15) is 35.6 Å². The molecule has 1 saturated heterocycles. The first-order valence-electron chi connectivity index (χ1n) is 10.4. The second-order valence-corrected chi connectivity index (χ2v) is 7.87. The van der Waals surface area contributed by atoms with Gasteiger partial charge in [0.05, 0.1) is 28.4 Å². The van der Waals surface area contributed by atoms with Gasteiger partial charge >= 0.3 is 6.18 Å². The summed E-state index contributed by atoms with van der Waals surface area (Å²) in [4.78, 5) is 36.2. The minimum Gasteiger partial charge on any atom is -0.481 e. The number of piperidine rings is 1. The fourth-order valence-electron chi connectivity index (χ4n) is 3.91. The molecular formula is C23H18F3N5O4. The molecule has 1 unspecified atom stereocenters. The average Bonchev–Trinajstić information content (AvgIpc) is 3.14. The molecule has 0 saturated carbocycles. The number of carbonyl (C=O) groups is 3. The van der Waals surface area contributed by atoms with Crippen LogP contribution in [0.15, 0.2) is 36.4 Å². The Kier molecular flexibility index (Phi) is 6.17. The summed E-state index contributed by atoms with van der Waals surface area (Å²) in [7, 11) is 1.63. The minimum atomic E-state index is -4.64. The van der Waals surface area contributed by atoms with E-state index >= 15 is 0 Å². The summed E-state index contributed by atoms with van der Waals surface area (Å²) in [5.74, 6) is -1.93. The summed E-state index contributed by atoms with van der Waals surface area (Å²) in [6.07, 6.45) is -4.15. The van der Waals surface area contributed by atoms with Gasteiger partial charge in [0.2, 0.25) is 11.8 Å². The van der Waals surface area contributed by atoms with Gasteiger partial charge in [-0.05, 0) is 30.7 Å². The maximum atomic E-state index is 13.0. The van der Waals surface area contributed by atoms with Crippen molar-refractivity contribution in [3.8, 4) is 11.8 Å². The van der Waals surface area contributed by atoms with Gasteiger partial charge in [-0.2, -0.15) is 23.5 Å². The normalized spacial score (nSPS) is 16.0. The molecule has 1 fully saturated rings. The molecule has 35 heavy (non-hydrogen) atoms. The van der Waals surface area contributed by atoms with E-state index in [4.69, 9.17) is 10.00 Å². The van der Waals surface area contributed by atoms with E-state index in [1.54, 1.807) is 31.3 Å². The van der Waals surface area contributed by atoms with Gasteiger partial charge < -0.3 is 10.1 Å². The molecule has 0 bridgehead atoms. The Bertz CT molecular complexity index is 1390. The molecule has 180 valence electrons. The van der Waals surface area contributed by atoms with Crippen LogP contribution < -0.4 is 15.4 Å². The number of hydrogen-bond donors (Lipinski definition) is 2. The van der Waals surface area contributed by atoms with Crippen LogP contribution in [0.3, 0.4) is 0 Å². The topological polar surface area (TPSA) is 126 Å². The summed E-state index contributed by atoms with van der Waals surface area (Å²) in [6.45, 7) is -0.556. The molecule has 2 heterocycles. The van der Waals surface area contributed by atoms with Gasteiger partial charge in [-0.15, -0.1) is 0 Å². The lowest BCUT2D eigenvalue weighted by atomic mass is 9.93. The van der Waals surface area contributed by atoms with Crippen LogP contribution in [0.25, 0.3) is 10.9 Å². The molecule has 2 aromatic carbocycles. The maximum absolute atomic E-state index is 13.0. The molecule has 3 aromatic rings. The van der Waals surface area contributed by atoms with Crippen molar-refractivity contribution in [2.24, 2.45) is 7.05 Å². The molecule has 12 heteroatoms. The third kappa shape index (κ3) is 4.79. The van der Waals surface area contributed by atoms with Crippen molar-refractivity contribution in [3.63, 3.8) is 0 Å². The van der Waals surface area contributed by atoms with Crippen LogP contribution in [0.4, 0.5) is 18.9 Å². The first-order valence-corrected chi connectivity index (χ1v) is 10.4. The quantitative estimate of drug-likeness (QED) is 0.535. The predicted molar refractivity (Wildman–Crippen MR) is 116 cm³/mol. The number of benzene rings is 2. The highest BCUT2D eigenvalue weighted by molar-refractivity contribution is 6.03. The number of nitrogens with zero attached hydrogens (tertiary/aromatic N) is 3. The van der Waals surface area contributed by atoms with Crippen LogP contribution in [-0.4, -0.2) is 34.1 Å². The van der Waals surface area contributed by atoms with Crippen LogP contribution in [-0.2, 0) is 27.6 Å². The molecule has 1 aromatic heterocycles. The van der Waals surface area contributed by atoms with Crippen molar-refractivity contribution in [1.29, 1.82) is 5.26 Å². The number of ether oxygens (including phenoxy) is 1. The highest BCUT2D eigenvalue weighted by atomic mass is 19.4. The first kappa shape index (κ1) is 23.7.